The van der Waals surface area contributed by atoms with E-state index in [4.69, 9.17) is 11.6 Å². The van der Waals surface area contributed by atoms with Crippen LogP contribution in [0.5, 0.6) is 5.75 Å². The number of aromatic nitrogens is 2. The Morgan fingerprint density at radius 3 is 2.27 bits per heavy atom. The largest absolute Gasteiger partial charge is 0.508 e. The van der Waals surface area contributed by atoms with Crippen LogP contribution in [0, 0.1) is 18.3 Å². The number of ketones is 1. The van der Waals surface area contributed by atoms with E-state index < -0.39 is 0 Å². The third kappa shape index (κ3) is 5.97. The van der Waals surface area contributed by atoms with Gasteiger partial charge in [-0.05, 0) is 61.9 Å². The van der Waals surface area contributed by atoms with Gasteiger partial charge in [0.25, 0.3) is 5.91 Å². The Bertz CT molecular complexity index is 1450. The fraction of sp³-hybridized carbons (Fsp3) is 0.143. The number of nitrogens with one attached hydrogen (secondary N) is 2. The fourth-order valence-electron chi connectivity index (χ4n) is 3.67. The van der Waals surface area contributed by atoms with Crippen molar-refractivity contribution in [2.45, 2.75) is 13.3 Å². The van der Waals surface area contributed by atoms with Crippen LogP contribution < -0.4 is 10.6 Å². The molecule has 186 valence electrons. The van der Waals surface area contributed by atoms with Crippen molar-refractivity contribution in [3.63, 3.8) is 0 Å². The Kier molecular flexibility index (Phi) is 7.86. The molecule has 8 nitrogen and oxygen atoms in total. The van der Waals surface area contributed by atoms with Gasteiger partial charge in [0, 0.05) is 29.2 Å². The minimum absolute atomic E-state index is 0.0458. The zero-order valence-electron chi connectivity index (χ0n) is 20.0. The minimum atomic E-state index is -0.353. The Balaban J connectivity index is 1.53. The molecule has 4 aromatic rings. The van der Waals surface area contributed by atoms with Crippen molar-refractivity contribution in [2.75, 3.05) is 18.4 Å². The van der Waals surface area contributed by atoms with Gasteiger partial charge in [0.15, 0.2) is 5.69 Å². The summed E-state index contributed by atoms with van der Waals surface area (Å²) in [5, 5.41) is 30.4. The molecular weight excluding hydrogens is 490 g/mol. The maximum Gasteiger partial charge on any atom is 0.251 e. The molecule has 0 atom stereocenters. The van der Waals surface area contributed by atoms with Crippen LogP contribution in [0.4, 0.5) is 5.82 Å². The lowest BCUT2D eigenvalue weighted by Crippen LogP contribution is -2.26. The molecule has 0 aliphatic rings. The van der Waals surface area contributed by atoms with Crippen LogP contribution in [-0.4, -0.2) is 39.7 Å². The van der Waals surface area contributed by atoms with E-state index in [0.29, 0.717) is 47.2 Å². The highest BCUT2D eigenvalue weighted by molar-refractivity contribution is 6.30. The number of nitrogens with zero attached hydrogens (tertiary/aromatic N) is 3. The molecule has 4 rings (SSSR count). The van der Waals surface area contributed by atoms with Crippen molar-refractivity contribution in [1.82, 2.24) is 15.1 Å². The minimum Gasteiger partial charge on any atom is -0.508 e. The number of aryl methyl sites for hydroxylation is 1. The third-order valence-electron chi connectivity index (χ3n) is 5.66. The Hall–Kier alpha value is -4.61. The number of hydrogen-bond acceptors (Lipinski definition) is 6. The van der Waals surface area contributed by atoms with E-state index in [-0.39, 0.29) is 28.7 Å². The van der Waals surface area contributed by atoms with Crippen molar-refractivity contribution < 1.29 is 14.7 Å². The Labute approximate surface area is 219 Å². The number of nitriles is 1. The van der Waals surface area contributed by atoms with Crippen LogP contribution in [0.15, 0.2) is 72.8 Å². The molecule has 3 aromatic carbocycles. The van der Waals surface area contributed by atoms with E-state index in [2.05, 4.69) is 21.8 Å². The highest BCUT2D eigenvalue weighted by atomic mass is 35.5. The van der Waals surface area contributed by atoms with Crippen LogP contribution in [-0.2, 0) is 0 Å². The average molecular weight is 514 g/mol. The first-order valence-corrected chi connectivity index (χ1v) is 12.0. The molecule has 9 heteroatoms. The van der Waals surface area contributed by atoms with E-state index in [1.54, 1.807) is 48.5 Å². The number of amides is 1. The summed E-state index contributed by atoms with van der Waals surface area (Å²) in [5.74, 6) is -0.139. The first kappa shape index (κ1) is 25.5. The summed E-state index contributed by atoms with van der Waals surface area (Å²) < 4.78 is 1.52. The molecule has 0 aliphatic carbocycles. The summed E-state index contributed by atoms with van der Waals surface area (Å²) in [4.78, 5) is 25.5. The second kappa shape index (κ2) is 11.4. The molecule has 1 aromatic heterocycles. The molecule has 0 saturated carbocycles. The molecule has 0 radical (unpaired) electrons. The van der Waals surface area contributed by atoms with Crippen molar-refractivity contribution in [3.05, 3.63) is 106 Å². The Morgan fingerprint density at radius 2 is 1.62 bits per heavy atom. The number of rotatable bonds is 9. The molecular formula is C28H24ClN5O3. The van der Waals surface area contributed by atoms with E-state index in [1.165, 1.54) is 16.8 Å². The fourth-order valence-corrected chi connectivity index (χ4v) is 3.79. The van der Waals surface area contributed by atoms with Crippen LogP contribution in [0.2, 0.25) is 5.02 Å². The van der Waals surface area contributed by atoms with Gasteiger partial charge in [-0.2, -0.15) is 10.4 Å². The first-order valence-electron chi connectivity index (χ1n) is 11.6. The second-order valence-electron chi connectivity index (χ2n) is 8.35. The van der Waals surface area contributed by atoms with Crippen LogP contribution >= 0.6 is 11.6 Å². The summed E-state index contributed by atoms with van der Waals surface area (Å²) in [7, 11) is 0. The zero-order valence-corrected chi connectivity index (χ0v) is 20.8. The van der Waals surface area contributed by atoms with Crippen molar-refractivity contribution in [2.24, 2.45) is 0 Å². The van der Waals surface area contributed by atoms with E-state index in [0.717, 1.165) is 5.56 Å². The number of benzene rings is 3. The normalized spacial score (nSPS) is 10.5. The molecule has 0 bridgehead atoms. The van der Waals surface area contributed by atoms with Gasteiger partial charge in [0.2, 0.25) is 5.78 Å². The van der Waals surface area contributed by atoms with Crippen LogP contribution in [0.1, 0.15) is 44.0 Å². The topological polar surface area (TPSA) is 120 Å². The number of carbonyl (C=O) groups excluding carboxylic acids is 2. The van der Waals surface area contributed by atoms with E-state index in [1.807, 2.05) is 19.1 Å². The summed E-state index contributed by atoms with van der Waals surface area (Å²) in [6.45, 7) is 2.71. The SMILES string of the molecule is Cc1ccc(C(=O)c2nn(-c3ccc(Cl)cc3)c(NCCCNC(=O)c3ccc(O)cc3)c2C#N)cc1. The Morgan fingerprint density at radius 1 is 0.973 bits per heavy atom. The standard InChI is InChI=1S/C28H24ClN5O3/c1-18-3-5-19(6-4-18)26(36)25-24(17-30)27(34(33-25)22-11-9-21(29)10-12-22)31-15-2-16-32-28(37)20-7-13-23(35)14-8-20/h3-14,31,35H,2,15-16H2,1H3,(H,32,37). The zero-order chi connectivity index (χ0) is 26.4. The second-order valence-corrected chi connectivity index (χ2v) is 8.79. The van der Waals surface area contributed by atoms with Gasteiger partial charge in [-0.25, -0.2) is 4.68 Å². The molecule has 0 fully saturated rings. The smallest absolute Gasteiger partial charge is 0.251 e. The van der Waals surface area contributed by atoms with Gasteiger partial charge in [-0.1, -0.05) is 41.4 Å². The van der Waals surface area contributed by atoms with Crippen LogP contribution in [0.25, 0.3) is 5.69 Å². The average Bonchev–Trinajstić information content (AvgIpc) is 3.27. The third-order valence-corrected chi connectivity index (χ3v) is 5.91. The summed E-state index contributed by atoms with van der Waals surface area (Å²) >= 11 is 6.04. The highest BCUT2D eigenvalue weighted by Gasteiger charge is 2.25. The number of hydrogen-bond donors (Lipinski definition) is 3. The maximum absolute atomic E-state index is 13.3. The summed E-state index contributed by atoms with van der Waals surface area (Å²) in [6.07, 6.45) is 0.543. The number of carbonyl (C=O) groups is 2. The molecule has 0 saturated heterocycles. The summed E-state index contributed by atoms with van der Waals surface area (Å²) in [6, 6.07) is 22.1. The molecule has 3 N–H and O–H groups in total. The molecule has 1 heterocycles. The van der Waals surface area contributed by atoms with Gasteiger partial charge in [0.1, 0.15) is 23.2 Å². The van der Waals surface area contributed by atoms with E-state index in [9.17, 15) is 20.0 Å². The predicted molar refractivity (Wildman–Crippen MR) is 141 cm³/mol. The number of phenolic OH excluding ortho intramolecular Hbond substituents is 1. The molecule has 0 spiro atoms. The van der Waals surface area contributed by atoms with Crippen LogP contribution in [0.3, 0.4) is 0 Å². The predicted octanol–water partition coefficient (Wildman–Crippen LogP) is 4.87. The van der Waals surface area contributed by atoms with Crippen molar-refractivity contribution >= 4 is 29.1 Å². The number of aromatic hydroxyl groups is 1. The van der Waals surface area contributed by atoms with Gasteiger partial charge in [-0.3, -0.25) is 9.59 Å². The number of halogens is 1. The monoisotopic (exact) mass is 513 g/mol. The lowest BCUT2D eigenvalue weighted by atomic mass is 10.0. The molecule has 37 heavy (non-hydrogen) atoms. The maximum atomic E-state index is 13.3. The number of anilines is 1. The van der Waals surface area contributed by atoms with E-state index >= 15 is 0 Å². The van der Waals surface area contributed by atoms with Crippen molar-refractivity contribution in [3.8, 4) is 17.5 Å². The van der Waals surface area contributed by atoms with Gasteiger partial charge in [-0.15, -0.1) is 0 Å². The highest BCUT2D eigenvalue weighted by Crippen LogP contribution is 2.26. The van der Waals surface area contributed by atoms with Gasteiger partial charge in [0.05, 0.1) is 5.69 Å². The quantitative estimate of drug-likeness (QED) is 0.217. The molecule has 0 aliphatic heterocycles. The summed E-state index contributed by atoms with van der Waals surface area (Å²) in [5.41, 5.74) is 2.71. The number of phenols is 1. The van der Waals surface area contributed by atoms with Gasteiger partial charge < -0.3 is 15.7 Å². The van der Waals surface area contributed by atoms with Crippen molar-refractivity contribution in [1.29, 1.82) is 5.26 Å². The lowest BCUT2D eigenvalue weighted by molar-refractivity contribution is 0.0952. The lowest BCUT2D eigenvalue weighted by Gasteiger charge is -2.11. The first-order chi connectivity index (χ1) is 17.9. The van der Waals surface area contributed by atoms with Gasteiger partial charge >= 0.3 is 0 Å². The molecule has 0 unspecified atom stereocenters. The molecule has 1 amide bonds.